The summed E-state index contributed by atoms with van der Waals surface area (Å²) >= 11 is 0. The molecule has 128 valence electrons. The van der Waals surface area contributed by atoms with Gasteiger partial charge in [-0.2, -0.15) is 0 Å². The van der Waals surface area contributed by atoms with Crippen LogP contribution in [0.4, 0.5) is 0 Å². The lowest BCUT2D eigenvalue weighted by atomic mass is 9.87. The molecule has 3 heteroatoms. The Balaban J connectivity index is 1.61. The third kappa shape index (κ3) is 4.56. The molecule has 1 aliphatic heterocycles. The first-order chi connectivity index (χ1) is 11.0. The number of nitrogens with zero attached hydrogens (tertiary/aromatic N) is 2. The zero-order valence-electron chi connectivity index (χ0n) is 14.8. The Morgan fingerprint density at radius 3 is 2.74 bits per heavy atom. The quantitative estimate of drug-likeness (QED) is 0.924. The van der Waals surface area contributed by atoms with Crippen LogP contribution in [0.5, 0.6) is 0 Å². The van der Waals surface area contributed by atoms with Crippen molar-refractivity contribution in [2.24, 2.45) is 0 Å². The summed E-state index contributed by atoms with van der Waals surface area (Å²) in [6.07, 6.45) is 5.98. The Morgan fingerprint density at radius 2 is 1.91 bits per heavy atom. The van der Waals surface area contributed by atoms with Crippen molar-refractivity contribution in [3.05, 3.63) is 35.4 Å². The topological polar surface area (TPSA) is 26.7 Å². The lowest BCUT2D eigenvalue weighted by Crippen LogP contribution is -2.36. The van der Waals surface area contributed by atoms with Crippen molar-refractivity contribution in [2.45, 2.75) is 57.6 Å². The van der Waals surface area contributed by atoms with Crippen molar-refractivity contribution >= 4 is 0 Å². The first-order valence-electron chi connectivity index (χ1n) is 9.29. The minimum atomic E-state index is -0.547. The Labute approximate surface area is 141 Å². The lowest BCUT2D eigenvalue weighted by molar-refractivity contribution is 0.0578. The maximum absolute atomic E-state index is 9.95. The van der Waals surface area contributed by atoms with Crippen molar-refractivity contribution in [3.8, 4) is 0 Å². The summed E-state index contributed by atoms with van der Waals surface area (Å²) in [5.41, 5.74) is 2.59. The molecule has 1 N–H and O–H groups in total. The number of aliphatic hydroxyl groups is 1. The second-order valence-electron chi connectivity index (χ2n) is 7.90. The predicted molar refractivity (Wildman–Crippen MR) is 95.7 cm³/mol. The molecule has 0 aromatic heterocycles. The van der Waals surface area contributed by atoms with Crippen LogP contribution in [0, 0.1) is 0 Å². The second-order valence-corrected chi connectivity index (χ2v) is 7.90. The minimum absolute atomic E-state index is 0.547. The molecule has 1 saturated heterocycles. The first-order valence-corrected chi connectivity index (χ1v) is 9.29. The van der Waals surface area contributed by atoms with Gasteiger partial charge in [0.2, 0.25) is 0 Å². The number of benzene rings is 1. The van der Waals surface area contributed by atoms with Gasteiger partial charge in [-0.1, -0.05) is 24.3 Å². The van der Waals surface area contributed by atoms with E-state index in [1.165, 1.54) is 38.8 Å². The zero-order valence-corrected chi connectivity index (χ0v) is 14.8. The van der Waals surface area contributed by atoms with Crippen LogP contribution in [0.15, 0.2) is 24.3 Å². The summed E-state index contributed by atoms with van der Waals surface area (Å²) in [6, 6.07) is 9.66. The van der Waals surface area contributed by atoms with Crippen molar-refractivity contribution in [1.29, 1.82) is 0 Å². The third-order valence-corrected chi connectivity index (χ3v) is 5.44. The van der Waals surface area contributed by atoms with Gasteiger partial charge in [-0.3, -0.25) is 4.90 Å². The van der Waals surface area contributed by atoms with Gasteiger partial charge in [-0.25, -0.2) is 0 Å². The Bertz CT molecular complexity index is 509. The van der Waals surface area contributed by atoms with Crippen molar-refractivity contribution in [2.75, 3.05) is 32.7 Å². The number of hydrogen-bond donors (Lipinski definition) is 1. The molecule has 1 fully saturated rings. The molecule has 0 saturated carbocycles. The van der Waals surface area contributed by atoms with Gasteiger partial charge in [-0.05, 0) is 63.6 Å². The number of hydrogen-bond acceptors (Lipinski definition) is 3. The van der Waals surface area contributed by atoms with Gasteiger partial charge in [0.1, 0.15) is 0 Å². The molecule has 0 radical (unpaired) electrons. The van der Waals surface area contributed by atoms with Crippen LogP contribution < -0.4 is 0 Å². The maximum atomic E-state index is 9.95. The second kappa shape index (κ2) is 7.33. The SMILES string of the molecule is CC(C)(O)CCN1CCCN(C2CCCc3ccccc32)CC1. The molecule has 1 aromatic carbocycles. The van der Waals surface area contributed by atoms with Crippen molar-refractivity contribution in [3.63, 3.8) is 0 Å². The largest absolute Gasteiger partial charge is 0.390 e. The van der Waals surface area contributed by atoms with E-state index in [1.54, 1.807) is 11.1 Å². The summed E-state index contributed by atoms with van der Waals surface area (Å²) < 4.78 is 0. The van der Waals surface area contributed by atoms with Crippen LogP contribution in [-0.4, -0.2) is 53.2 Å². The van der Waals surface area contributed by atoms with Crippen LogP contribution in [0.25, 0.3) is 0 Å². The van der Waals surface area contributed by atoms with Crippen LogP contribution in [0.1, 0.15) is 56.7 Å². The molecule has 3 rings (SSSR count). The van der Waals surface area contributed by atoms with Gasteiger partial charge < -0.3 is 10.0 Å². The molecule has 0 bridgehead atoms. The van der Waals surface area contributed by atoms with E-state index in [-0.39, 0.29) is 0 Å². The van der Waals surface area contributed by atoms with E-state index in [4.69, 9.17) is 0 Å². The minimum Gasteiger partial charge on any atom is -0.390 e. The third-order valence-electron chi connectivity index (χ3n) is 5.44. The van der Waals surface area contributed by atoms with Crippen LogP contribution in [0.3, 0.4) is 0 Å². The Morgan fingerprint density at radius 1 is 1.09 bits per heavy atom. The van der Waals surface area contributed by atoms with E-state index in [1.807, 2.05) is 13.8 Å². The van der Waals surface area contributed by atoms with E-state index in [9.17, 15) is 5.11 Å². The van der Waals surface area contributed by atoms with E-state index in [0.717, 1.165) is 26.1 Å². The van der Waals surface area contributed by atoms with Gasteiger partial charge >= 0.3 is 0 Å². The number of fused-ring (bicyclic) bond motifs is 1. The summed E-state index contributed by atoms with van der Waals surface area (Å²) in [6.45, 7) is 9.50. The van der Waals surface area contributed by atoms with Gasteiger partial charge in [0, 0.05) is 32.2 Å². The van der Waals surface area contributed by atoms with Crippen molar-refractivity contribution < 1.29 is 5.11 Å². The fourth-order valence-electron chi connectivity index (χ4n) is 4.07. The van der Waals surface area contributed by atoms with Crippen LogP contribution >= 0.6 is 0 Å². The van der Waals surface area contributed by atoms with E-state index >= 15 is 0 Å². The summed E-state index contributed by atoms with van der Waals surface area (Å²) in [5, 5.41) is 9.95. The Hall–Kier alpha value is -0.900. The smallest absolute Gasteiger partial charge is 0.0603 e. The van der Waals surface area contributed by atoms with E-state index < -0.39 is 5.60 Å². The number of rotatable bonds is 4. The summed E-state index contributed by atoms with van der Waals surface area (Å²) in [4.78, 5) is 5.24. The molecule has 23 heavy (non-hydrogen) atoms. The molecule has 1 aliphatic carbocycles. The molecule has 3 nitrogen and oxygen atoms in total. The first kappa shape index (κ1) is 16.9. The average Bonchev–Trinajstić information content (AvgIpc) is 2.77. The highest BCUT2D eigenvalue weighted by molar-refractivity contribution is 5.32. The molecule has 1 heterocycles. The standard InChI is InChI=1S/C20H32N2O/c1-20(2,23)11-14-21-12-6-13-22(16-15-21)19-10-5-8-17-7-3-4-9-18(17)19/h3-4,7,9,19,23H,5-6,8,10-16H2,1-2H3. The zero-order chi connectivity index (χ0) is 16.3. The average molecular weight is 316 g/mol. The highest BCUT2D eigenvalue weighted by atomic mass is 16.3. The van der Waals surface area contributed by atoms with Gasteiger partial charge in [0.05, 0.1) is 5.60 Å². The molecular formula is C20H32N2O. The van der Waals surface area contributed by atoms with Crippen molar-refractivity contribution in [1.82, 2.24) is 9.80 Å². The van der Waals surface area contributed by atoms with Gasteiger partial charge in [0.25, 0.3) is 0 Å². The maximum Gasteiger partial charge on any atom is 0.0603 e. The molecular weight excluding hydrogens is 284 g/mol. The molecule has 0 spiro atoms. The highest BCUT2D eigenvalue weighted by Crippen LogP contribution is 2.34. The fourth-order valence-corrected chi connectivity index (χ4v) is 4.07. The summed E-state index contributed by atoms with van der Waals surface area (Å²) in [5.74, 6) is 0. The highest BCUT2D eigenvalue weighted by Gasteiger charge is 2.27. The van der Waals surface area contributed by atoms with Crippen LogP contribution in [0.2, 0.25) is 0 Å². The van der Waals surface area contributed by atoms with E-state index in [2.05, 4.69) is 34.1 Å². The molecule has 1 atom stereocenters. The fraction of sp³-hybridized carbons (Fsp3) is 0.700. The molecule has 2 aliphatic rings. The molecule has 1 aromatic rings. The normalized spacial score (nSPS) is 24.2. The summed E-state index contributed by atoms with van der Waals surface area (Å²) in [7, 11) is 0. The van der Waals surface area contributed by atoms with Gasteiger partial charge in [-0.15, -0.1) is 0 Å². The number of aryl methyl sites for hydroxylation is 1. The predicted octanol–water partition coefficient (Wildman–Crippen LogP) is 3.23. The van der Waals surface area contributed by atoms with E-state index in [0.29, 0.717) is 6.04 Å². The van der Waals surface area contributed by atoms with Crippen LogP contribution in [-0.2, 0) is 6.42 Å². The molecule has 0 amide bonds. The Kier molecular flexibility index (Phi) is 5.40. The monoisotopic (exact) mass is 316 g/mol. The van der Waals surface area contributed by atoms with Gasteiger partial charge in [0.15, 0.2) is 0 Å². The lowest BCUT2D eigenvalue weighted by Gasteiger charge is -2.35. The molecule has 1 unspecified atom stereocenters.